The molecule has 0 radical (unpaired) electrons. The molecule has 184 valence electrons. The summed E-state index contributed by atoms with van der Waals surface area (Å²) in [6, 6.07) is 33.5. The van der Waals surface area contributed by atoms with Crippen LogP contribution in [0.15, 0.2) is 114 Å². The number of benzene rings is 4. The zero-order chi connectivity index (χ0) is 25.6. The number of amides is 2. The first-order chi connectivity index (χ1) is 18.2. The maximum atomic E-state index is 13.8. The van der Waals surface area contributed by atoms with E-state index >= 15 is 0 Å². The molecule has 5 rings (SSSR count). The van der Waals surface area contributed by atoms with E-state index in [-0.39, 0.29) is 11.7 Å². The van der Waals surface area contributed by atoms with Gasteiger partial charge in [0.1, 0.15) is 17.0 Å². The van der Waals surface area contributed by atoms with Gasteiger partial charge in [-0.2, -0.15) is 0 Å². The Morgan fingerprint density at radius 1 is 0.757 bits per heavy atom. The van der Waals surface area contributed by atoms with E-state index in [0.29, 0.717) is 34.7 Å². The summed E-state index contributed by atoms with van der Waals surface area (Å²) in [6.07, 6.45) is 0. The summed E-state index contributed by atoms with van der Waals surface area (Å²) >= 11 is 0. The summed E-state index contributed by atoms with van der Waals surface area (Å²) in [5.41, 5.74) is 3.02. The third kappa shape index (κ3) is 5.09. The number of carbonyl (C=O) groups is 2. The monoisotopic (exact) mass is 490 g/mol. The highest BCUT2D eigenvalue weighted by atomic mass is 16.5. The summed E-state index contributed by atoms with van der Waals surface area (Å²) in [4.78, 5) is 27.3. The Balaban J connectivity index is 1.52. The normalized spacial score (nSPS) is 10.9. The molecule has 2 N–H and O–H groups in total. The fourth-order valence-corrected chi connectivity index (χ4v) is 4.34. The molecule has 0 fully saturated rings. The Labute approximate surface area is 214 Å². The average Bonchev–Trinajstić information content (AvgIpc) is 3.30. The van der Waals surface area contributed by atoms with Crippen molar-refractivity contribution in [1.82, 2.24) is 0 Å². The maximum Gasteiger partial charge on any atom is 0.293 e. The zero-order valence-electron chi connectivity index (χ0n) is 20.3. The van der Waals surface area contributed by atoms with Crippen LogP contribution in [0, 0.1) is 0 Å². The molecule has 0 spiro atoms. The van der Waals surface area contributed by atoms with Crippen molar-refractivity contribution in [2.45, 2.75) is 12.8 Å². The number of hydrogen-bond donors (Lipinski definition) is 2. The largest absolute Gasteiger partial charge is 0.492 e. The first-order valence-corrected chi connectivity index (χ1v) is 12.1. The van der Waals surface area contributed by atoms with E-state index in [1.807, 2.05) is 97.9 Å². The molecule has 1 aromatic heterocycles. The number of hydrogen-bond acceptors (Lipinski definition) is 4. The lowest BCUT2D eigenvalue weighted by Gasteiger charge is -2.18. The van der Waals surface area contributed by atoms with Crippen LogP contribution in [0.5, 0.6) is 5.75 Å². The summed E-state index contributed by atoms with van der Waals surface area (Å²) in [5.74, 6) is -0.776. The lowest BCUT2D eigenvalue weighted by atomic mass is 9.90. The number of furan rings is 1. The van der Waals surface area contributed by atoms with Crippen molar-refractivity contribution in [1.29, 1.82) is 0 Å². The topological polar surface area (TPSA) is 80.6 Å². The summed E-state index contributed by atoms with van der Waals surface area (Å²) < 4.78 is 11.6. The van der Waals surface area contributed by atoms with Gasteiger partial charge in [-0.05, 0) is 42.3 Å². The van der Waals surface area contributed by atoms with Gasteiger partial charge in [0.05, 0.1) is 18.2 Å². The van der Waals surface area contributed by atoms with E-state index in [9.17, 15) is 9.59 Å². The molecule has 0 bridgehead atoms. The van der Waals surface area contributed by atoms with Gasteiger partial charge in [0.2, 0.25) is 11.7 Å². The van der Waals surface area contributed by atoms with Gasteiger partial charge in [0.15, 0.2) is 0 Å². The molecule has 5 aromatic rings. The van der Waals surface area contributed by atoms with Gasteiger partial charge in [0.25, 0.3) is 5.91 Å². The molecule has 0 saturated carbocycles. The number of carbonyl (C=O) groups excluding carboxylic acids is 2. The van der Waals surface area contributed by atoms with E-state index in [1.54, 1.807) is 18.2 Å². The van der Waals surface area contributed by atoms with Crippen molar-refractivity contribution in [2.24, 2.45) is 0 Å². The van der Waals surface area contributed by atoms with Gasteiger partial charge in [-0.15, -0.1) is 0 Å². The van der Waals surface area contributed by atoms with Crippen LogP contribution in [-0.2, 0) is 4.79 Å². The second-order valence-corrected chi connectivity index (χ2v) is 8.43. The number of nitrogens with one attached hydrogen (secondary N) is 2. The third-order valence-electron chi connectivity index (χ3n) is 6.01. The Bertz CT molecular complexity index is 1490. The maximum absolute atomic E-state index is 13.8. The SMILES string of the molecule is CCOc1ccccc1NC(=O)c1oc2ccccc2c1NC(=O)C(c1ccccc1)c1ccccc1. The van der Waals surface area contributed by atoms with Gasteiger partial charge in [-0.1, -0.05) is 84.9 Å². The summed E-state index contributed by atoms with van der Waals surface area (Å²) in [7, 11) is 0. The fourth-order valence-electron chi connectivity index (χ4n) is 4.34. The lowest BCUT2D eigenvalue weighted by Crippen LogP contribution is -2.24. The molecular weight excluding hydrogens is 464 g/mol. The molecule has 0 saturated heterocycles. The van der Waals surface area contributed by atoms with Crippen LogP contribution >= 0.6 is 0 Å². The number of para-hydroxylation sites is 3. The highest BCUT2D eigenvalue weighted by Gasteiger charge is 2.28. The number of anilines is 2. The molecule has 0 aliphatic carbocycles. The van der Waals surface area contributed by atoms with E-state index in [1.165, 1.54) is 0 Å². The van der Waals surface area contributed by atoms with Crippen molar-refractivity contribution in [3.63, 3.8) is 0 Å². The second-order valence-electron chi connectivity index (χ2n) is 8.43. The van der Waals surface area contributed by atoms with Crippen molar-refractivity contribution < 1.29 is 18.7 Å². The number of fused-ring (bicyclic) bond motifs is 1. The molecule has 6 heteroatoms. The van der Waals surface area contributed by atoms with E-state index in [4.69, 9.17) is 9.15 Å². The van der Waals surface area contributed by atoms with Crippen LogP contribution in [0.4, 0.5) is 11.4 Å². The van der Waals surface area contributed by atoms with Crippen LogP contribution < -0.4 is 15.4 Å². The molecule has 1 heterocycles. The predicted octanol–water partition coefficient (Wildman–Crippen LogP) is 6.85. The molecule has 0 aliphatic rings. The molecule has 0 aliphatic heterocycles. The quantitative estimate of drug-likeness (QED) is 0.249. The molecule has 6 nitrogen and oxygen atoms in total. The standard InChI is InChI=1S/C31H26N2O4/c1-2-36-26-20-12-10-18-24(26)32-31(35)29-28(23-17-9-11-19-25(23)37-29)33-30(34)27(21-13-5-3-6-14-21)22-15-7-4-8-16-22/h3-20,27H,2H2,1H3,(H,32,35)(H,33,34). The van der Waals surface area contributed by atoms with Crippen molar-refractivity contribution in [3.8, 4) is 5.75 Å². The molecule has 0 atom stereocenters. The zero-order valence-corrected chi connectivity index (χ0v) is 20.3. The van der Waals surface area contributed by atoms with Gasteiger partial charge >= 0.3 is 0 Å². The molecule has 37 heavy (non-hydrogen) atoms. The van der Waals surface area contributed by atoms with Gasteiger partial charge in [-0.25, -0.2) is 0 Å². The Kier molecular flexibility index (Phi) is 6.99. The minimum atomic E-state index is -0.578. The van der Waals surface area contributed by atoms with E-state index < -0.39 is 11.8 Å². The number of rotatable bonds is 8. The van der Waals surface area contributed by atoms with Gasteiger partial charge in [-0.3, -0.25) is 9.59 Å². The van der Waals surface area contributed by atoms with Gasteiger partial charge < -0.3 is 19.8 Å². The lowest BCUT2D eigenvalue weighted by molar-refractivity contribution is -0.116. The first kappa shape index (κ1) is 23.9. The highest BCUT2D eigenvalue weighted by molar-refractivity contribution is 6.15. The highest BCUT2D eigenvalue weighted by Crippen LogP contribution is 2.34. The average molecular weight is 491 g/mol. The summed E-state index contributed by atoms with van der Waals surface area (Å²) in [5, 5.41) is 6.52. The van der Waals surface area contributed by atoms with Gasteiger partial charge in [0, 0.05) is 5.39 Å². The van der Waals surface area contributed by atoms with Crippen LogP contribution in [-0.4, -0.2) is 18.4 Å². The van der Waals surface area contributed by atoms with Crippen molar-refractivity contribution >= 4 is 34.2 Å². The van der Waals surface area contributed by atoms with Crippen LogP contribution in [0.3, 0.4) is 0 Å². The van der Waals surface area contributed by atoms with Crippen molar-refractivity contribution in [2.75, 3.05) is 17.2 Å². The Hall–Kier alpha value is -4.84. The van der Waals surface area contributed by atoms with E-state index in [2.05, 4.69) is 10.6 Å². The molecule has 4 aromatic carbocycles. The fraction of sp³-hybridized carbons (Fsp3) is 0.0968. The minimum Gasteiger partial charge on any atom is -0.492 e. The molecular formula is C31H26N2O4. The van der Waals surface area contributed by atoms with Crippen LogP contribution in [0.2, 0.25) is 0 Å². The second kappa shape index (κ2) is 10.8. The van der Waals surface area contributed by atoms with Crippen molar-refractivity contribution in [3.05, 3.63) is 126 Å². The molecule has 2 amide bonds. The summed E-state index contributed by atoms with van der Waals surface area (Å²) in [6.45, 7) is 2.33. The first-order valence-electron chi connectivity index (χ1n) is 12.1. The van der Waals surface area contributed by atoms with E-state index in [0.717, 1.165) is 11.1 Å². The Morgan fingerprint density at radius 2 is 1.35 bits per heavy atom. The van der Waals surface area contributed by atoms with Crippen LogP contribution in [0.1, 0.15) is 34.5 Å². The number of ether oxygens (including phenoxy) is 1. The smallest absolute Gasteiger partial charge is 0.293 e. The minimum absolute atomic E-state index is 0.0146. The Morgan fingerprint density at radius 3 is 2.03 bits per heavy atom. The predicted molar refractivity (Wildman–Crippen MR) is 145 cm³/mol. The van der Waals surface area contributed by atoms with Crippen LogP contribution in [0.25, 0.3) is 11.0 Å². The third-order valence-corrected chi connectivity index (χ3v) is 6.01. The molecule has 0 unspecified atom stereocenters.